The number of hydrogen-bond donors (Lipinski definition) is 1. The van der Waals surface area contributed by atoms with Crippen LogP contribution in [0.5, 0.6) is 0 Å². The summed E-state index contributed by atoms with van der Waals surface area (Å²) in [5, 5.41) is 10.1. The van der Waals surface area contributed by atoms with Crippen LogP contribution in [0.15, 0.2) is 18.2 Å². The highest BCUT2D eigenvalue weighted by atomic mass is 35.5. The fourth-order valence-corrected chi connectivity index (χ4v) is 2.63. The Hall–Kier alpha value is -0.320. The number of hydrogen-bond acceptors (Lipinski definition) is 3. The first-order valence-electron chi connectivity index (χ1n) is 4.33. The molecular weight excluding hydrogens is 289 g/mol. The summed E-state index contributed by atoms with van der Waals surface area (Å²) < 4.78 is 0.394. The number of aromatic nitrogens is 1. The molecule has 1 aromatic carbocycles. The molecule has 0 aliphatic rings. The quantitative estimate of drug-likeness (QED) is 0.897. The average molecular weight is 295 g/mol. The van der Waals surface area contributed by atoms with Crippen LogP contribution in [0.2, 0.25) is 14.5 Å². The van der Waals surface area contributed by atoms with Crippen molar-refractivity contribution in [2.45, 2.75) is 6.61 Å². The van der Waals surface area contributed by atoms with E-state index in [2.05, 4.69) is 4.98 Å². The first kappa shape index (κ1) is 12.1. The molecule has 0 unspecified atom stereocenters. The number of rotatable bonds is 2. The maximum atomic E-state index is 9.17. The summed E-state index contributed by atoms with van der Waals surface area (Å²) in [5.74, 6) is 0. The number of thiazole rings is 1. The number of halogens is 3. The van der Waals surface area contributed by atoms with E-state index < -0.39 is 0 Å². The third-order valence-electron chi connectivity index (χ3n) is 2.01. The van der Waals surface area contributed by atoms with Gasteiger partial charge in [0.2, 0.25) is 0 Å². The lowest BCUT2D eigenvalue weighted by atomic mass is 10.1. The molecule has 0 radical (unpaired) electrons. The van der Waals surface area contributed by atoms with Crippen LogP contribution in [-0.2, 0) is 6.61 Å². The van der Waals surface area contributed by atoms with Crippen molar-refractivity contribution < 1.29 is 5.11 Å². The van der Waals surface area contributed by atoms with Crippen molar-refractivity contribution in [2.75, 3.05) is 0 Å². The first-order valence-corrected chi connectivity index (χ1v) is 6.28. The van der Waals surface area contributed by atoms with Gasteiger partial charge < -0.3 is 5.11 Å². The van der Waals surface area contributed by atoms with Gasteiger partial charge in [0, 0.05) is 5.56 Å². The van der Waals surface area contributed by atoms with Gasteiger partial charge in [-0.1, -0.05) is 40.9 Å². The molecule has 0 aliphatic heterocycles. The van der Waals surface area contributed by atoms with Crippen LogP contribution in [0, 0.1) is 0 Å². The van der Waals surface area contributed by atoms with E-state index in [1.807, 2.05) is 0 Å². The van der Waals surface area contributed by atoms with E-state index in [-0.39, 0.29) is 6.61 Å². The molecule has 1 heterocycles. The van der Waals surface area contributed by atoms with Gasteiger partial charge in [0.25, 0.3) is 0 Å². The summed E-state index contributed by atoms with van der Waals surface area (Å²) in [7, 11) is 0. The molecule has 2 aromatic rings. The second kappa shape index (κ2) is 4.90. The Morgan fingerprint density at radius 2 is 1.94 bits per heavy atom. The van der Waals surface area contributed by atoms with E-state index in [9.17, 15) is 0 Å². The van der Waals surface area contributed by atoms with Gasteiger partial charge in [0.1, 0.15) is 0 Å². The summed E-state index contributed by atoms with van der Waals surface area (Å²) in [6.45, 7) is -0.0973. The maximum absolute atomic E-state index is 9.17. The van der Waals surface area contributed by atoms with Crippen LogP contribution in [-0.4, -0.2) is 10.1 Å². The van der Waals surface area contributed by atoms with Crippen molar-refractivity contribution in [3.8, 4) is 11.3 Å². The highest BCUT2D eigenvalue weighted by Gasteiger charge is 2.12. The molecule has 16 heavy (non-hydrogen) atoms. The van der Waals surface area contributed by atoms with E-state index in [1.54, 1.807) is 18.2 Å². The minimum atomic E-state index is -0.0973. The zero-order valence-corrected chi connectivity index (χ0v) is 11.0. The number of benzene rings is 1. The normalized spacial score (nSPS) is 10.8. The van der Waals surface area contributed by atoms with Crippen LogP contribution < -0.4 is 0 Å². The fraction of sp³-hybridized carbons (Fsp3) is 0.100. The van der Waals surface area contributed by atoms with Crippen LogP contribution in [0.4, 0.5) is 0 Å². The van der Waals surface area contributed by atoms with Crippen molar-refractivity contribution in [3.05, 3.63) is 37.6 Å². The fourth-order valence-electron chi connectivity index (χ4n) is 1.30. The Kier molecular flexibility index (Phi) is 3.72. The molecule has 6 heteroatoms. The molecule has 0 aliphatic carbocycles. The maximum Gasteiger partial charge on any atom is 0.184 e. The first-order chi connectivity index (χ1) is 7.61. The Balaban J connectivity index is 2.53. The summed E-state index contributed by atoms with van der Waals surface area (Å²) in [4.78, 5) is 4.86. The highest BCUT2D eigenvalue weighted by molar-refractivity contribution is 7.16. The smallest absolute Gasteiger partial charge is 0.184 e. The Morgan fingerprint density at radius 1 is 1.19 bits per heavy atom. The number of nitrogens with zero attached hydrogens (tertiary/aromatic N) is 1. The van der Waals surface area contributed by atoms with Crippen LogP contribution in [0.25, 0.3) is 11.3 Å². The molecule has 84 valence electrons. The van der Waals surface area contributed by atoms with Gasteiger partial charge in [-0.05, 0) is 12.1 Å². The summed E-state index contributed by atoms with van der Waals surface area (Å²) in [6, 6.07) is 5.18. The van der Waals surface area contributed by atoms with Crippen molar-refractivity contribution in [2.24, 2.45) is 0 Å². The summed E-state index contributed by atoms with van der Waals surface area (Å²) in [5.41, 5.74) is 1.44. The predicted molar refractivity (Wildman–Crippen MR) is 68.5 cm³/mol. The van der Waals surface area contributed by atoms with Crippen LogP contribution in [0.3, 0.4) is 0 Å². The zero-order valence-electron chi connectivity index (χ0n) is 7.88. The molecule has 2 rings (SSSR count). The second-order valence-corrected chi connectivity index (χ2v) is 5.51. The van der Waals surface area contributed by atoms with E-state index in [1.165, 1.54) is 11.3 Å². The molecule has 0 amide bonds. The van der Waals surface area contributed by atoms with E-state index in [4.69, 9.17) is 39.9 Å². The summed E-state index contributed by atoms with van der Waals surface area (Å²) >= 11 is 18.8. The molecule has 0 spiro atoms. The van der Waals surface area contributed by atoms with Crippen molar-refractivity contribution >= 4 is 46.1 Å². The van der Waals surface area contributed by atoms with Crippen molar-refractivity contribution in [1.29, 1.82) is 0 Å². The van der Waals surface area contributed by atoms with E-state index in [0.717, 1.165) is 5.56 Å². The van der Waals surface area contributed by atoms with Gasteiger partial charge in [-0.25, -0.2) is 4.98 Å². The molecule has 1 aromatic heterocycles. The monoisotopic (exact) mass is 293 g/mol. The molecule has 2 nitrogen and oxygen atoms in total. The summed E-state index contributed by atoms with van der Waals surface area (Å²) in [6.07, 6.45) is 0. The number of aliphatic hydroxyl groups is 1. The van der Waals surface area contributed by atoms with Crippen molar-refractivity contribution in [1.82, 2.24) is 4.98 Å². The average Bonchev–Trinajstić information content (AvgIpc) is 2.63. The van der Waals surface area contributed by atoms with Gasteiger partial charge in [0.15, 0.2) is 4.47 Å². The minimum Gasteiger partial charge on any atom is -0.391 e. The topological polar surface area (TPSA) is 33.1 Å². The SMILES string of the molecule is OCc1sc(Cl)nc1-c1ccc(Cl)c(Cl)c1. The Bertz CT molecular complexity index is 527. The lowest BCUT2D eigenvalue weighted by Gasteiger charge is -2.01. The highest BCUT2D eigenvalue weighted by Crippen LogP contribution is 2.33. The minimum absolute atomic E-state index is 0.0973. The van der Waals surface area contributed by atoms with E-state index in [0.29, 0.717) is 25.1 Å². The lowest BCUT2D eigenvalue weighted by molar-refractivity contribution is 0.286. The van der Waals surface area contributed by atoms with Gasteiger partial charge in [0.05, 0.1) is 27.2 Å². The van der Waals surface area contributed by atoms with Gasteiger partial charge in [-0.15, -0.1) is 11.3 Å². The molecule has 1 N–H and O–H groups in total. The molecule has 0 atom stereocenters. The predicted octanol–water partition coefficient (Wildman–Crippen LogP) is 4.26. The second-order valence-electron chi connectivity index (χ2n) is 3.03. The largest absolute Gasteiger partial charge is 0.391 e. The van der Waals surface area contributed by atoms with E-state index >= 15 is 0 Å². The molecule has 0 saturated carbocycles. The molecule has 0 saturated heterocycles. The molecule has 0 bridgehead atoms. The lowest BCUT2D eigenvalue weighted by Crippen LogP contribution is -1.85. The van der Waals surface area contributed by atoms with Gasteiger partial charge in [-0.2, -0.15) is 0 Å². The third-order valence-corrected chi connectivity index (χ3v) is 3.89. The third kappa shape index (κ3) is 2.34. The van der Waals surface area contributed by atoms with Gasteiger partial charge >= 0.3 is 0 Å². The standard InChI is InChI=1S/C10H6Cl3NOS/c11-6-2-1-5(3-7(6)12)9-8(4-15)16-10(13)14-9/h1-3,15H,4H2. The molecular formula is C10H6Cl3NOS. The molecule has 0 fully saturated rings. The van der Waals surface area contributed by atoms with Crippen LogP contribution in [0.1, 0.15) is 4.88 Å². The van der Waals surface area contributed by atoms with Crippen molar-refractivity contribution in [3.63, 3.8) is 0 Å². The Labute approximate surface area is 111 Å². The van der Waals surface area contributed by atoms with Gasteiger partial charge in [-0.3, -0.25) is 0 Å². The number of aliphatic hydroxyl groups excluding tert-OH is 1. The Morgan fingerprint density at radius 3 is 2.56 bits per heavy atom. The van der Waals surface area contributed by atoms with Crippen LogP contribution >= 0.6 is 46.1 Å². The zero-order chi connectivity index (χ0) is 11.7.